The van der Waals surface area contributed by atoms with E-state index in [4.69, 9.17) is 10.6 Å². The molecule has 1 amide bonds. The molecule has 0 saturated heterocycles. The van der Waals surface area contributed by atoms with Crippen LogP contribution in [-0.4, -0.2) is 47.6 Å². The van der Waals surface area contributed by atoms with Crippen molar-refractivity contribution >= 4 is 11.7 Å². The van der Waals surface area contributed by atoms with Crippen molar-refractivity contribution in [2.24, 2.45) is 5.84 Å². The van der Waals surface area contributed by atoms with Crippen LogP contribution in [0.15, 0.2) is 12.4 Å². The first-order valence-electron chi connectivity index (χ1n) is 5.31. The zero-order valence-electron chi connectivity index (χ0n) is 10.0. The molecule has 17 heavy (non-hydrogen) atoms. The van der Waals surface area contributed by atoms with Crippen LogP contribution in [0.4, 0.5) is 5.82 Å². The number of hydrogen-bond donors (Lipinski definition) is 2. The van der Waals surface area contributed by atoms with Gasteiger partial charge in [0.05, 0.1) is 19.0 Å². The molecule has 0 aliphatic carbocycles. The summed E-state index contributed by atoms with van der Waals surface area (Å²) in [7, 11) is 1.69. The smallest absolute Gasteiger partial charge is 0.273 e. The molecule has 1 aromatic heterocycles. The SMILES string of the molecule is CCOCCN(C)C(=O)c1cncc(NN)n1. The Morgan fingerprint density at radius 3 is 3.00 bits per heavy atom. The van der Waals surface area contributed by atoms with Crippen molar-refractivity contribution < 1.29 is 9.53 Å². The van der Waals surface area contributed by atoms with Gasteiger partial charge in [-0.3, -0.25) is 9.78 Å². The van der Waals surface area contributed by atoms with Crippen molar-refractivity contribution in [2.75, 3.05) is 32.2 Å². The Bertz CT molecular complexity index is 371. The fourth-order valence-electron chi connectivity index (χ4n) is 1.18. The highest BCUT2D eigenvalue weighted by Gasteiger charge is 2.13. The van der Waals surface area contributed by atoms with Gasteiger partial charge in [0.2, 0.25) is 0 Å². The van der Waals surface area contributed by atoms with E-state index in [1.54, 1.807) is 7.05 Å². The Hall–Kier alpha value is -1.73. The second kappa shape index (κ2) is 6.77. The maximum Gasteiger partial charge on any atom is 0.273 e. The number of carbonyl (C=O) groups is 1. The molecule has 0 radical (unpaired) electrons. The highest BCUT2D eigenvalue weighted by molar-refractivity contribution is 5.92. The number of aromatic nitrogens is 2. The number of hydrogen-bond acceptors (Lipinski definition) is 6. The third-order valence-corrected chi connectivity index (χ3v) is 2.12. The van der Waals surface area contributed by atoms with Gasteiger partial charge in [-0.05, 0) is 6.92 Å². The zero-order chi connectivity index (χ0) is 12.7. The standard InChI is InChI=1S/C10H17N5O2/c1-3-17-5-4-15(2)10(16)8-6-12-7-9(13-8)14-11/h6-7H,3-5,11H2,1-2H3,(H,13,14). The lowest BCUT2D eigenvalue weighted by molar-refractivity contribution is 0.0704. The maximum absolute atomic E-state index is 11.9. The van der Waals surface area contributed by atoms with Crippen LogP contribution >= 0.6 is 0 Å². The van der Waals surface area contributed by atoms with Crippen molar-refractivity contribution in [3.63, 3.8) is 0 Å². The molecule has 0 aromatic carbocycles. The number of anilines is 1. The monoisotopic (exact) mass is 239 g/mol. The molecule has 94 valence electrons. The van der Waals surface area contributed by atoms with Crippen molar-refractivity contribution in [1.29, 1.82) is 0 Å². The molecule has 3 N–H and O–H groups in total. The van der Waals surface area contributed by atoms with Crippen LogP contribution in [0.3, 0.4) is 0 Å². The van der Waals surface area contributed by atoms with Gasteiger partial charge in [0.1, 0.15) is 5.69 Å². The molecule has 7 heteroatoms. The van der Waals surface area contributed by atoms with E-state index in [2.05, 4.69) is 15.4 Å². The van der Waals surface area contributed by atoms with Gasteiger partial charge >= 0.3 is 0 Å². The highest BCUT2D eigenvalue weighted by Crippen LogP contribution is 2.03. The molecule has 1 heterocycles. The van der Waals surface area contributed by atoms with Crippen LogP contribution in [0.5, 0.6) is 0 Å². The molecule has 1 rings (SSSR count). The second-order valence-electron chi connectivity index (χ2n) is 3.36. The molecule has 0 spiro atoms. The Morgan fingerprint density at radius 1 is 1.59 bits per heavy atom. The minimum absolute atomic E-state index is 0.214. The fraction of sp³-hybridized carbons (Fsp3) is 0.500. The average molecular weight is 239 g/mol. The normalized spacial score (nSPS) is 10.1. The number of nitrogens with two attached hydrogens (primary N) is 1. The van der Waals surface area contributed by atoms with Crippen molar-refractivity contribution in [3.8, 4) is 0 Å². The molecule has 0 aliphatic heterocycles. The van der Waals surface area contributed by atoms with E-state index in [0.717, 1.165) is 0 Å². The maximum atomic E-state index is 11.9. The average Bonchev–Trinajstić information content (AvgIpc) is 2.38. The summed E-state index contributed by atoms with van der Waals surface area (Å²) in [4.78, 5) is 21.3. The first kappa shape index (κ1) is 13.3. The van der Waals surface area contributed by atoms with Crippen LogP contribution in [0, 0.1) is 0 Å². The quantitative estimate of drug-likeness (QED) is 0.408. The highest BCUT2D eigenvalue weighted by atomic mass is 16.5. The molecule has 0 unspecified atom stereocenters. The lowest BCUT2D eigenvalue weighted by atomic mass is 10.4. The van der Waals surface area contributed by atoms with Crippen LogP contribution in [0.2, 0.25) is 0 Å². The number of likely N-dealkylation sites (N-methyl/N-ethyl adjacent to an activating group) is 1. The molecule has 0 saturated carbocycles. The van der Waals surface area contributed by atoms with Gasteiger partial charge in [0.25, 0.3) is 5.91 Å². The van der Waals surface area contributed by atoms with Gasteiger partial charge in [-0.2, -0.15) is 0 Å². The zero-order valence-corrected chi connectivity index (χ0v) is 10.0. The van der Waals surface area contributed by atoms with Crippen molar-refractivity contribution in [2.45, 2.75) is 6.92 Å². The topological polar surface area (TPSA) is 93.4 Å². The van der Waals surface area contributed by atoms with Crippen LogP contribution in [-0.2, 0) is 4.74 Å². The number of nitrogens with zero attached hydrogens (tertiary/aromatic N) is 3. The third-order valence-electron chi connectivity index (χ3n) is 2.12. The lowest BCUT2D eigenvalue weighted by Gasteiger charge is -2.16. The first-order valence-corrected chi connectivity index (χ1v) is 5.31. The number of rotatable bonds is 6. The van der Waals surface area contributed by atoms with Crippen LogP contribution < -0.4 is 11.3 Å². The van der Waals surface area contributed by atoms with E-state index < -0.39 is 0 Å². The number of ether oxygens (including phenoxy) is 1. The van der Waals surface area contributed by atoms with E-state index in [9.17, 15) is 4.79 Å². The van der Waals surface area contributed by atoms with E-state index in [1.165, 1.54) is 17.3 Å². The van der Waals surface area contributed by atoms with E-state index in [1.807, 2.05) is 6.92 Å². The Balaban J connectivity index is 2.61. The van der Waals surface area contributed by atoms with Gasteiger partial charge in [0.15, 0.2) is 5.82 Å². The van der Waals surface area contributed by atoms with Crippen molar-refractivity contribution in [1.82, 2.24) is 14.9 Å². The van der Waals surface area contributed by atoms with E-state index in [0.29, 0.717) is 25.6 Å². The largest absolute Gasteiger partial charge is 0.380 e. The number of nitrogens with one attached hydrogen (secondary N) is 1. The van der Waals surface area contributed by atoms with Gasteiger partial charge in [-0.25, -0.2) is 10.8 Å². The van der Waals surface area contributed by atoms with E-state index in [-0.39, 0.29) is 11.6 Å². The molecular formula is C10H17N5O2. The predicted octanol–water partition coefficient (Wildman–Crippen LogP) is -0.129. The summed E-state index contributed by atoms with van der Waals surface area (Å²) in [6.45, 7) is 3.55. The van der Waals surface area contributed by atoms with Gasteiger partial charge in [-0.1, -0.05) is 0 Å². The Kier molecular flexibility index (Phi) is 5.31. The molecule has 7 nitrogen and oxygen atoms in total. The Labute approximate surface area is 100.0 Å². The second-order valence-corrected chi connectivity index (χ2v) is 3.36. The molecule has 0 aliphatic rings. The lowest BCUT2D eigenvalue weighted by Crippen LogP contribution is -2.31. The van der Waals surface area contributed by atoms with Crippen LogP contribution in [0.1, 0.15) is 17.4 Å². The Morgan fingerprint density at radius 2 is 2.35 bits per heavy atom. The summed E-state index contributed by atoms with van der Waals surface area (Å²) in [5.74, 6) is 5.34. The summed E-state index contributed by atoms with van der Waals surface area (Å²) in [5, 5.41) is 0. The summed E-state index contributed by atoms with van der Waals surface area (Å²) < 4.78 is 5.17. The predicted molar refractivity (Wildman–Crippen MR) is 63.3 cm³/mol. The minimum Gasteiger partial charge on any atom is -0.380 e. The first-order chi connectivity index (χ1) is 8.19. The van der Waals surface area contributed by atoms with Gasteiger partial charge in [-0.15, -0.1) is 0 Å². The summed E-state index contributed by atoms with van der Waals surface area (Å²) >= 11 is 0. The molecular weight excluding hydrogens is 222 g/mol. The van der Waals surface area contributed by atoms with Gasteiger partial charge < -0.3 is 15.1 Å². The molecule has 1 aromatic rings. The minimum atomic E-state index is -0.214. The number of nitrogen functional groups attached to an aromatic ring is 1. The van der Waals surface area contributed by atoms with E-state index >= 15 is 0 Å². The molecule has 0 bridgehead atoms. The number of amides is 1. The van der Waals surface area contributed by atoms with Crippen molar-refractivity contribution in [3.05, 3.63) is 18.1 Å². The molecule has 0 atom stereocenters. The summed E-state index contributed by atoms with van der Waals surface area (Å²) in [6.07, 6.45) is 2.84. The van der Waals surface area contributed by atoms with Gasteiger partial charge in [0, 0.05) is 20.2 Å². The summed E-state index contributed by atoms with van der Waals surface area (Å²) in [5.41, 5.74) is 2.59. The molecule has 0 fully saturated rings. The number of carbonyl (C=O) groups excluding carboxylic acids is 1. The number of hydrazine groups is 1. The summed E-state index contributed by atoms with van der Waals surface area (Å²) in [6, 6.07) is 0. The fourth-order valence-corrected chi connectivity index (χ4v) is 1.18. The third kappa shape index (κ3) is 3.97. The van der Waals surface area contributed by atoms with Crippen LogP contribution in [0.25, 0.3) is 0 Å².